The first-order valence-electron chi connectivity index (χ1n) is 10.9. The predicted molar refractivity (Wildman–Crippen MR) is 127 cm³/mol. The van der Waals surface area contributed by atoms with Crippen molar-refractivity contribution in [1.29, 1.82) is 0 Å². The van der Waals surface area contributed by atoms with Gasteiger partial charge in [-0.05, 0) is 36.2 Å². The van der Waals surface area contributed by atoms with Crippen LogP contribution in [0.2, 0.25) is 5.15 Å². The van der Waals surface area contributed by atoms with Crippen molar-refractivity contribution in [3.63, 3.8) is 0 Å². The Balaban J connectivity index is 1.33. The first-order valence-corrected chi connectivity index (χ1v) is 11.3. The Morgan fingerprint density at radius 3 is 2.53 bits per heavy atom. The monoisotopic (exact) mass is 448 g/mol. The van der Waals surface area contributed by atoms with Crippen LogP contribution >= 0.6 is 11.6 Å². The van der Waals surface area contributed by atoms with Crippen LogP contribution in [0.5, 0.6) is 5.75 Å². The molecule has 7 heteroatoms. The molecule has 1 aliphatic heterocycles. The molecule has 6 nitrogen and oxygen atoms in total. The van der Waals surface area contributed by atoms with Crippen LogP contribution in [0.15, 0.2) is 67.1 Å². The molecule has 0 saturated carbocycles. The number of fused-ring (bicyclic) bond motifs is 1. The lowest BCUT2D eigenvalue weighted by molar-refractivity contribution is 0.0358. The molecule has 1 aliphatic rings. The largest absolute Gasteiger partial charge is 0.494 e. The summed E-state index contributed by atoms with van der Waals surface area (Å²) >= 11 is 6.49. The van der Waals surface area contributed by atoms with Crippen LogP contribution in [0.3, 0.4) is 0 Å². The first-order chi connectivity index (χ1) is 15.8. The molecule has 0 radical (unpaired) electrons. The lowest BCUT2D eigenvalue weighted by Gasteiger charge is -2.26. The van der Waals surface area contributed by atoms with Gasteiger partial charge in [-0.2, -0.15) is 0 Å². The number of ether oxygens (including phenoxy) is 2. The molecule has 0 spiro atoms. The fourth-order valence-corrected chi connectivity index (χ4v) is 4.29. The molecule has 0 atom stereocenters. The molecule has 0 unspecified atom stereocenters. The van der Waals surface area contributed by atoms with Gasteiger partial charge >= 0.3 is 0 Å². The Hall–Kier alpha value is -2.93. The number of hydrogen-bond acceptors (Lipinski definition) is 5. The molecule has 0 N–H and O–H groups in total. The second-order valence-corrected chi connectivity index (χ2v) is 8.15. The van der Waals surface area contributed by atoms with Crippen LogP contribution < -0.4 is 4.74 Å². The number of benzene rings is 2. The number of aromatic nitrogens is 3. The third kappa shape index (κ3) is 4.48. The van der Waals surface area contributed by atoms with Crippen molar-refractivity contribution in [2.75, 3.05) is 39.5 Å². The third-order valence-corrected chi connectivity index (χ3v) is 6.01. The number of para-hydroxylation sites is 1. The van der Waals surface area contributed by atoms with Gasteiger partial charge in [0.2, 0.25) is 0 Å². The second kappa shape index (κ2) is 9.69. The van der Waals surface area contributed by atoms with E-state index >= 15 is 0 Å². The molecule has 3 heterocycles. The highest BCUT2D eigenvalue weighted by Crippen LogP contribution is 2.35. The Kier molecular flexibility index (Phi) is 6.34. The maximum atomic E-state index is 6.49. The number of hydrogen-bond donors (Lipinski definition) is 0. The molecule has 4 aromatic rings. The topological polar surface area (TPSA) is 52.4 Å². The van der Waals surface area contributed by atoms with Gasteiger partial charge in [0.15, 0.2) is 0 Å². The molecule has 32 heavy (non-hydrogen) atoms. The summed E-state index contributed by atoms with van der Waals surface area (Å²) in [5.41, 5.74) is 3.85. The highest BCUT2D eigenvalue weighted by Gasteiger charge is 2.16. The van der Waals surface area contributed by atoms with Gasteiger partial charge in [0, 0.05) is 37.1 Å². The van der Waals surface area contributed by atoms with Crippen molar-refractivity contribution < 1.29 is 9.47 Å². The highest BCUT2D eigenvalue weighted by molar-refractivity contribution is 6.35. The van der Waals surface area contributed by atoms with E-state index in [-0.39, 0.29) is 0 Å². The highest BCUT2D eigenvalue weighted by atomic mass is 35.5. The van der Waals surface area contributed by atoms with Crippen LogP contribution in [0.25, 0.3) is 27.8 Å². The van der Waals surface area contributed by atoms with Gasteiger partial charge in [0.25, 0.3) is 0 Å². The zero-order valence-corrected chi connectivity index (χ0v) is 18.5. The van der Waals surface area contributed by atoms with E-state index in [9.17, 15) is 0 Å². The van der Waals surface area contributed by atoms with E-state index in [1.54, 1.807) is 0 Å². The molecule has 0 amide bonds. The average molecular weight is 449 g/mol. The summed E-state index contributed by atoms with van der Waals surface area (Å²) in [6.07, 6.45) is 4.57. The minimum Gasteiger partial charge on any atom is -0.494 e. The quantitative estimate of drug-likeness (QED) is 0.299. The fraction of sp³-hybridized carbons (Fsp3) is 0.280. The maximum Gasteiger partial charge on any atom is 0.150 e. The van der Waals surface area contributed by atoms with Gasteiger partial charge in [0.05, 0.1) is 25.2 Å². The van der Waals surface area contributed by atoms with E-state index < -0.39 is 0 Å². The lowest BCUT2D eigenvalue weighted by atomic mass is 10.1. The number of halogens is 1. The fourth-order valence-electron chi connectivity index (χ4n) is 4.06. The number of morpholine rings is 1. The van der Waals surface area contributed by atoms with E-state index in [0.29, 0.717) is 11.8 Å². The van der Waals surface area contributed by atoms with Crippen molar-refractivity contribution in [2.24, 2.45) is 0 Å². The Morgan fingerprint density at radius 2 is 1.75 bits per heavy atom. The van der Waals surface area contributed by atoms with Crippen LogP contribution in [-0.4, -0.2) is 58.9 Å². The molecule has 1 fully saturated rings. The summed E-state index contributed by atoms with van der Waals surface area (Å²) in [6, 6.07) is 18.2. The standard InChI is InChI=1S/C25H25ClN4O2/c26-24-23-22(17-30(25(23)28-18-27-24)20-5-2-1-3-6-20)19-7-9-21(10-8-19)32-14-4-11-29-12-15-31-16-13-29/h1-3,5-10,17-18H,4,11-16H2. The zero-order valence-electron chi connectivity index (χ0n) is 17.8. The molecule has 5 rings (SSSR count). The normalized spacial score (nSPS) is 14.7. The van der Waals surface area contributed by atoms with E-state index in [0.717, 1.165) is 72.9 Å². The van der Waals surface area contributed by atoms with E-state index in [1.807, 2.05) is 47.0 Å². The van der Waals surface area contributed by atoms with Crippen LogP contribution in [0.4, 0.5) is 0 Å². The predicted octanol–water partition coefficient (Wildman–Crippen LogP) is 4.84. The van der Waals surface area contributed by atoms with Crippen molar-refractivity contribution in [3.8, 4) is 22.6 Å². The smallest absolute Gasteiger partial charge is 0.150 e. The molecule has 164 valence electrons. The third-order valence-electron chi connectivity index (χ3n) is 5.73. The van der Waals surface area contributed by atoms with Gasteiger partial charge in [0.1, 0.15) is 22.9 Å². The Labute approximate surface area is 192 Å². The van der Waals surface area contributed by atoms with E-state index in [1.165, 1.54) is 6.33 Å². The summed E-state index contributed by atoms with van der Waals surface area (Å²) in [5.74, 6) is 0.866. The van der Waals surface area contributed by atoms with Crippen molar-refractivity contribution in [3.05, 3.63) is 72.3 Å². The number of nitrogens with zero attached hydrogens (tertiary/aromatic N) is 4. The van der Waals surface area contributed by atoms with Crippen molar-refractivity contribution >= 4 is 22.6 Å². The van der Waals surface area contributed by atoms with Gasteiger partial charge in [-0.1, -0.05) is 41.9 Å². The van der Waals surface area contributed by atoms with E-state index in [2.05, 4.69) is 33.2 Å². The molecule has 0 aliphatic carbocycles. The zero-order chi connectivity index (χ0) is 21.8. The van der Waals surface area contributed by atoms with Gasteiger partial charge in [-0.15, -0.1) is 0 Å². The summed E-state index contributed by atoms with van der Waals surface area (Å²) in [7, 11) is 0. The molecule has 2 aromatic carbocycles. The lowest BCUT2D eigenvalue weighted by Crippen LogP contribution is -2.37. The molecule has 2 aromatic heterocycles. The molecular weight excluding hydrogens is 424 g/mol. The van der Waals surface area contributed by atoms with Gasteiger partial charge in [-0.25, -0.2) is 9.97 Å². The van der Waals surface area contributed by atoms with Crippen LogP contribution in [0, 0.1) is 0 Å². The van der Waals surface area contributed by atoms with Crippen molar-refractivity contribution in [1.82, 2.24) is 19.4 Å². The van der Waals surface area contributed by atoms with Gasteiger partial charge in [-0.3, -0.25) is 4.90 Å². The summed E-state index contributed by atoms with van der Waals surface area (Å²) in [4.78, 5) is 11.1. The Morgan fingerprint density at radius 1 is 0.969 bits per heavy atom. The molecule has 1 saturated heterocycles. The summed E-state index contributed by atoms with van der Waals surface area (Å²) in [6.45, 7) is 5.42. The minimum absolute atomic E-state index is 0.447. The maximum absolute atomic E-state index is 6.49. The number of rotatable bonds is 7. The van der Waals surface area contributed by atoms with E-state index in [4.69, 9.17) is 21.1 Å². The average Bonchev–Trinajstić information content (AvgIpc) is 3.25. The SMILES string of the molecule is Clc1ncnc2c1c(-c1ccc(OCCCN3CCOCC3)cc1)cn2-c1ccccc1. The molecule has 0 bridgehead atoms. The second-order valence-electron chi connectivity index (χ2n) is 7.79. The summed E-state index contributed by atoms with van der Waals surface area (Å²) < 4.78 is 13.4. The first kappa shape index (κ1) is 20.9. The van der Waals surface area contributed by atoms with Crippen molar-refractivity contribution in [2.45, 2.75) is 6.42 Å². The van der Waals surface area contributed by atoms with Crippen LogP contribution in [0.1, 0.15) is 6.42 Å². The van der Waals surface area contributed by atoms with Gasteiger partial charge < -0.3 is 14.0 Å². The summed E-state index contributed by atoms with van der Waals surface area (Å²) in [5, 5.41) is 1.29. The van der Waals surface area contributed by atoms with Crippen LogP contribution in [-0.2, 0) is 4.74 Å². The minimum atomic E-state index is 0.447. The molecular formula is C25H25ClN4O2. The Bertz CT molecular complexity index is 1170.